The largest absolute Gasteiger partial charge is 0.389 e. The zero-order valence-corrected chi connectivity index (χ0v) is 12.2. The van der Waals surface area contributed by atoms with Crippen molar-refractivity contribution >= 4 is 44.7 Å². The van der Waals surface area contributed by atoms with Gasteiger partial charge in [-0.2, -0.15) is 0 Å². The molecule has 1 aromatic heterocycles. The van der Waals surface area contributed by atoms with Gasteiger partial charge in [0.15, 0.2) is 0 Å². The topological polar surface area (TPSA) is 68.0 Å². The number of benzene rings is 1. The van der Waals surface area contributed by atoms with Crippen LogP contribution >= 0.6 is 12.2 Å². The molecule has 0 aliphatic carbocycles. The van der Waals surface area contributed by atoms with Gasteiger partial charge in [0.05, 0.1) is 5.52 Å². The van der Waals surface area contributed by atoms with E-state index in [9.17, 15) is 4.21 Å². The van der Waals surface area contributed by atoms with Crippen molar-refractivity contribution in [2.75, 3.05) is 23.9 Å². The van der Waals surface area contributed by atoms with Crippen LogP contribution in [0.5, 0.6) is 0 Å². The standard InChI is InChI=1S/C13H15N3OS2/c1-19(17)7-6-15-12-8-10(13(14)18)9-4-2-3-5-11(9)16-12/h2-5,8H,6-7H2,1H3,(H2,14,18)(H,15,16). The molecule has 1 unspecified atom stereocenters. The summed E-state index contributed by atoms with van der Waals surface area (Å²) in [6.07, 6.45) is 1.68. The Labute approximate surface area is 119 Å². The van der Waals surface area contributed by atoms with Gasteiger partial charge >= 0.3 is 0 Å². The summed E-state index contributed by atoms with van der Waals surface area (Å²) in [7, 11) is -0.821. The average molecular weight is 293 g/mol. The van der Waals surface area contributed by atoms with Crippen LogP contribution in [0, 0.1) is 0 Å². The van der Waals surface area contributed by atoms with Gasteiger partial charge in [0, 0.05) is 40.3 Å². The lowest BCUT2D eigenvalue weighted by molar-refractivity contribution is 0.687. The van der Waals surface area contributed by atoms with Crippen LogP contribution in [0.15, 0.2) is 30.3 Å². The van der Waals surface area contributed by atoms with E-state index < -0.39 is 10.8 Å². The Bertz CT molecular complexity index is 643. The summed E-state index contributed by atoms with van der Waals surface area (Å²) in [4.78, 5) is 4.84. The first-order valence-electron chi connectivity index (χ1n) is 5.81. The molecule has 0 saturated heterocycles. The van der Waals surface area contributed by atoms with E-state index in [-0.39, 0.29) is 0 Å². The number of hydrogen-bond acceptors (Lipinski definition) is 4. The van der Waals surface area contributed by atoms with Gasteiger partial charge in [0.25, 0.3) is 0 Å². The first kappa shape index (κ1) is 13.9. The molecule has 4 nitrogen and oxygen atoms in total. The summed E-state index contributed by atoms with van der Waals surface area (Å²) < 4.78 is 11.0. The zero-order valence-electron chi connectivity index (χ0n) is 10.6. The molecule has 0 bridgehead atoms. The molecule has 0 radical (unpaired) electrons. The van der Waals surface area contributed by atoms with E-state index in [0.717, 1.165) is 16.5 Å². The second-order valence-electron chi connectivity index (χ2n) is 4.14. The van der Waals surface area contributed by atoms with Crippen LogP contribution < -0.4 is 11.1 Å². The number of nitrogens with zero attached hydrogens (tertiary/aromatic N) is 1. The van der Waals surface area contributed by atoms with Crippen molar-refractivity contribution in [2.24, 2.45) is 5.73 Å². The molecule has 2 aromatic rings. The van der Waals surface area contributed by atoms with E-state index in [2.05, 4.69) is 10.3 Å². The first-order chi connectivity index (χ1) is 9.08. The van der Waals surface area contributed by atoms with Crippen LogP contribution in [0.25, 0.3) is 10.9 Å². The summed E-state index contributed by atoms with van der Waals surface area (Å²) in [5.74, 6) is 1.28. The predicted molar refractivity (Wildman–Crippen MR) is 85.1 cm³/mol. The first-order valence-corrected chi connectivity index (χ1v) is 7.95. The highest BCUT2D eigenvalue weighted by atomic mass is 32.2. The maximum atomic E-state index is 11.0. The lowest BCUT2D eigenvalue weighted by Gasteiger charge is -2.10. The van der Waals surface area contributed by atoms with Crippen molar-refractivity contribution in [1.29, 1.82) is 0 Å². The number of hydrogen-bond donors (Lipinski definition) is 2. The second-order valence-corrected chi connectivity index (χ2v) is 6.14. The van der Waals surface area contributed by atoms with Gasteiger partial charge < -0.3 is 11.1 Å². The second kappa shape index (κ2) is 6.08. The van der Waals surface area contributed by atoms with Crippen LogP contribution in [0.4, 0.5) is 5.82 Å². The molecule has 19 heavy (non-hydrogen) atoms. The fraction of sp³-hybridized carbons (Fsp3) is 0.231. The molecule has 3 N–H and O–H groups in total. The van der Waals surface area contributed by atoms with Gasteiger partial charge in [-0.1, -0.05) is 30.4 Å². The van der Waals surface area contributed by atoms with Gasteiger partial charge in [-0.05, 0) is 12.1 Å². The number of anilines is 1. The van der Waals surface area contributed by atoms with Gasteiger partial charge in [-0.3, -0.25) is 4.21 Å². The van der Waals surface area contributed by atoms with Crippen LogP contribution in [-0.2, 0) is 10.8 Å². The van der Waals surface area contributed by atoms with E-state index in [1.54, 1.807) is 6.26 Å². The Kier molecular flexibility index (Phi) is 4.44. The molecule has 0 aliphatic heterocycles. The van der Waals surface area contributed by atoms with Gasteiger partial charge in [-0.25, -0.2) is 4.98 Å². The Morgan fingerprint density at radius 2 is 2.21 bits per heavy atom. The molecule has 0 saturated carbocycles. The van der Waals surface area contributed by atoms with Crippen molar-refractivity contribution in [3.8, 4) is 0 Å². The quantitative estimate of drug-likeness (QED) is 0.821. The maximum Gasteiger partial charge on any atom is 0.127 e. The molecule has 2 rings (SSSR count). The number of thiocarbonyl (C=S) groups is 1. The fourth-order valence-corrected chi connectivity index (χ4v) is 2.35. The fourth-order valence-electron chi connectivity index (χ4n) is 1.79. The highest BCUT2D eigenvalue weighted by molar-refractivity contribution is 7.84. The third kappa shape index (κ3) is 3.48. The highest BCUT2D eigenvalue weighted by Gasteiger charge is 2.07. The van der Waals surface area contributed by atoms with Crippen molar-refractivity contribution in [3.63, 3.8) is 0 Å². The third-order valence-corrected chi connectivity index (χ3v) is 3.68. The summed E-state index contributed by atoms with van der Waals surface area (Å²) in [6, 6.07) is 9.55. The van der Waals surface area contributed by atoms with Gasteiger partial charge in [0.2, 0.25) is 0 Å². The summed E-state index contributed by atoms with van der Waals surface area (Å²) >= 11 is 5.08. The van der Waals surface area contributed by atoms with Crippen LogP contribution in [0.2, 0.25) is 0 Å². The summed E-state index contributed by atoms with van der Waals surface area (Å²) in [5, 5.41) is 4.09. The molecule has 0 aliphatic rings. The van der Waals surface area contributed by atoms with Crippen LogP contribution in [-0.4, -0.2) is 32.7 Å². The molecule has 100 valence electrons. The molecule has 0 spiro atoms. The zero-order chi connectivity index (χ0) is 13.8. The summed E-state index contributed by atoms with van der Waals surface area (Å²) in [5.41, 5.74) is 7.40. The molecule has 1 atom stereocenters. The van der Waals surface area contributed by atoms with Crippen LogP contribution in [0.3, 0.4) is 0 Å². The van der Waals surface area contributed by atoms with Gasteiger partial charge in [-0.15, -0.1) is 0 Å². The molecule has 1 heterocycles. The Morgan fingerprint density at radius 1 is 1.47 bits per heavy atom. The number of para-hydroxylation sites is 1. The Hall–Kier alpha value is -1.53. The number of nitrogens with one attached hydrogen (secondary N) is 1. The molecular weight excluding hydrogens is 278 g/mol. The van der Waals surface area contributed by atoms with E-state index >= 15 is 0 Å². The van der Waals surface area contributed by atoms with Crippen molar-refractivity contribution in [3.05, 3.63) is 35.9 Å². The molecule has 0 amide bonds. The minimum atomic E-state index is -0.821. The highest BCUT2D eigenvalue weighted by Crippen LogP contribution is 2.20. The third-order valence-electron chi connectivity index (χ3n) is 2.68. The van der Waals surface area contributed by atoms with E-state index in [4.69, 9.17) is 18.0 Å². The lowest BCUT2D eigenvalue weighted by atomic mass is 10.1. The van der Waals surface area contributed by atoms with Crippen molar-refractivity contribution in [1.82, 2.24) is 4.98 Å². The molecule has 0 fully saturated rings. The number of nitrogens with two attached hydrogens (primary N) is 1. The Morgan fingerprint density at radius 3 is 2.89 bits per heavy atom. The lowest BCUT2D eigenvalue weighted by Crippen LogP contribution is -2.14. The summed E-state index contributed by atoms with van der Waals surface area (Å²) in [6.45, 7) is 0.602. The number of rotatable bonds is 5. The maximum absolute atomic E-state index is 11.0. The minimum Gasteiger partial charge on any atom is -0.389 e. The predicted octanol–water partition coefficient (Wildman–Crippen LogP) is 1.66. The van der Waals surface area contributed by atoms with Gasteiger partial charge in [0.1, 0.15) is 10.8 Å². The van der Waals surface area contributed by atoms with E-state index in [0.29, 0.717) is 23.1 Å². The Balaban J connectivity index is 2.35. The van der Waals surface area contributed by atoms with E-state index in [1.807, 2.05) is 30.3 Å². The number of fused-ring (bicyclic) bond motifs is 1. The average Bonchev–Trinajstić information content (AvgIpc) is 2.37. The molecular formula is C13H15N3OS2. The van der Waals surface area contributed by atoms with E-state index in [1.165, 1.54) is 0 Å². The van der Waals surface area contributed by atoms with Crippen LogP contribution in [0.1, 0.15) is 5.56 Å². The number of pyridine rings is 1. The van der Waals surface area contributed by atoms with Crippen molar-refractivity contribution in [2.45, 2.75) is 0 Å². The van der Waals surface area contributed by atoms with Crippen molar-refractivity contribution < 1.29 is 4.21 Å². The SMILES string of the molecule is CS(=O)CCNc1cc(C(N)=S)c2ccccc2n1. The monoisotopic (exact) mass is 293 g/mol. The normalized spacial score (nSPS) is 12.3. The molecule has 1 aromatic carbocycles. The number of aromatic nitrogens is 1. The smallest absolute Gasteiger partial charge is 0.127 e. The minimum absolute atomic E-state index is 0.348. The molecule has 6 heteroatoms.